The second-order valence-corrected chi connectivity index (χ2v) is 9.18. The van der Waals surface area contributed by atoms with Gasteiger partial charge < -0.3 is 10.1 Å². The van der Waals surface area contributed by atoms with Crippen LogP contribution in [0.3, 0.4) is 0 Å². The predicted molar refractivity (Wildman–Crippen MR) is 116 cm³/mol. The molecule has 0 amide bonds. The van der Waals surface area contributed by atoms with Crippen LogP contribution in [0.25, 0.3) is 10.8 Å². The van der Waals surface area contributed by atoms with Crippen LogP contribution in [0.5, 0.6) is 0 Å². The normalized spacial score (nSPS) is 14.8. The van der Waals surface area contributed by atoms with Crippen LogP contribution in [0, 0.1) is 0 Å². The van der Waals surface area contributed by atoms with E-state index in [9.17, 15) is 4.79 Å². The zero-order chi connectivity index (χ0) is 20.3. The highest BCUT2D eigenvalue weighted by Crippen LogP contribution is 2.49. The highest BCUT2D eigenvalue weighted by Gasteiger charge is 2.35. The van der Waals surface area contributed by atoms with Crippen molar-refractivity contribution in [3.63, 3.8) is 0 Å². The van der Waals surface area contributed by atoms with E-state index >= 15 is 0 Å². The second kappa shape index (κ2) is 6.10. The topological polar surface area (TPSA) is 38.3 Å². The molecule has 4 rings (SSSR count). The van der Waals surface area contributed by atoms with E-state index < -0.39 is 0 Å². The number of ether oxygens (including phenoxy) is 1. The molecule has 3 aromatic rings. The van der Waals surface area contributed by atoms with E-state index in [2.05, 4.69) is 70.3 Å². The minimum absolute atomic E-state index is 0.0968. The first-order chi connectivity index (χ1) is 13.1. The van der Waals surface area contributed by atoms with Crippen molar-refractivity contribution in [2.24, 2.45) is 0 Å². The summed E-state index contributed by atoms with van der Waals surface area (Å²) in [5, 5.41) is 5.83. The van der Waals surface area contributed by atoms with Gasteiger partial charge in [-0.2, -0.15) is 0 Å². The molecule has 0 atom stereocenters. The number of carbonyl (C=O) groups excluding carboxylic acids is 1. The molecule has 1 aliphatic rings. The minimum atomic E-state index is -0.308. The van der Waals surface area contributed by atoms with Gasteiger partial charge in [-0.15, -0.1) is 0 Å². The van der Waals surface area contributed by atoms with Crippen molar-refractivity contribution >= 4 is 28.1 Å². The van der Waals surface area contributed by atoms with E-state index in [1.165, 1.54) is 23.8 Å². The van der Waals surface area contributed by atoms with Gasteiger partial charge in [0.2, 0.25) is 0 Å². The third-order valence-electron chi connectivity index (χ3n) is 5.89. The smallest absolute Gasteiger partial charge is 0.337 e. The average Bonchev–Trinajstić information content (AvgIpc) is 2.65. The second-order valence-electron chi connectivity index (χ2n) is 9.18. The summed E-state index contributed by atoms with van der Waals surface area (Å²) in [5.74, 6) is -0.308. The maximum atomic E-state index is 11.9. The Kier molecular flexibility index (Phi) is 4.04. The molecule has 28 heavy (non-hydrogen) atoms. The van der Waals surface area contributed by atoms with Crippen LogP contribution in [-0.4, -0.2) is 13.1 Å². The van der Waals surface area contributed by atoms with E-state index in [0.29, 0.717) is 5.56 Å². The van der Waals surface area contributed by atoms with Crippen molar-refractivity contribution in [2.75, 3.05) is 12.4 Å². The number of rotatable bonds is 1. The lowest BCUT2D eigenvalue weighted by Crippen LogP contribution is -2.27. The van der Waals surface area contributed by atoms with E-state index in [0.717, 1.165) is 22.1 Å². The fraction of sp³-hybridized carbons (Fsp3) is 0.320. The Hall–Kier alpha value is -2.81. The maximum Gasteiger partial charge on any atom is 0.337 e. The molecule has 3 nitrogen and oxygen atoms in total. The quantitative estimate of drug-likeness (QED) is 0.508. The number of carbonyl (C=O) groups is 1. The summed E-state index contributed by atoms with van der Waals surface area (Å²) >= 11 is 0. The molecule has 0 radical (unpaired) electrons. The molecular formula is C25H27NO2. The lowest BCUT2D eigenvalue weighted by molar-refractivity contribution is 0.0601. The Morgan fingerprint density at radius 3 is 2.36 bits per heavy atom. The maximum absolute atomic E-state index is 11.9. The number of anilines is 2. The Labute approximate surface area is 166 Å². The highest BCUT2D eigenvalue weighted by molar-refractivity contribution is 6.00. The van der Waals surface area contributed by atoms with Crippen LogP contribution in [0.15, 0.2) is 48.5 Å². The molecule has 1 N–H and O–H groups in total. The summed E-state index contributed by atoms with van der Waals surface area (Å²) in [6.45, 7) is 11.3. The summed E-state index contributed by atoms with van der Waals surface area (Å²) in [6, 6.07) is 16.8. The van der Waals surface area contributed by atoms with Crippen LogP contribution in [0.2, 0.25) is 0 Å². The molecule has 3 aromatic carbocycles. The van der Waals surface area contributed by atoms with Crippen LogP contribution < -0.4 is 5.32 Å². The number of methoxy groups -OCH3 is 1. The van der Waals surface area contributed by atoms with Gasteiger partial charge in [0, 0.05) is 16.8 Å². The Bertz CT molecular complexity index is 1100. The third kappa shape index (κ3) is 2.77. The molecule has 0 saturated heterocycles. The molecule has 0 saturated carbocycles. The molecular weight excluding hydrogens is 346 g/mol. The summed E-state index contributed by atoms with van der Waals surface area (Å²) < 4.78 is 4.88. The first-order valence-corrected chi connectivity index (χ1v) is 9.70. The summed E-state index contributed by atoms with van der Waals surface area (Å²) in [7, 11) is 1.41. The van der Waals surface area contributed by atoms with Crippen LogP contribution in [0.4, 0.5) is 11.4 Å². The van der Waals surface area contributed by atoms with Gasteiger partial charge in [0.05, 0.1) is 12.7 Å². The molecule has 0 bridgehead atoms. The monoisotopic (exact) mass is 373 g/mol. The molecule has 144 valence electrons. The third-order valence-corrected chi connectivity index (χ3v) is 5.89. The SMILES string of the molecule is COC(=O)c1ccc2c3c(ccc2c1)Nc1ccc(C(C)(C)C)cc1C3(C)C. The molecule has 0 aromatic heterocycles. The van der Waals surface area contributed by atoms with Crippen LogP contribution in [0.1, 0.15) is 61.7 Å². The lowest BCUT2D eigenvalue weighted by Gasteiger charge is -2.38. The number of nitrogens with one attached hydrogen (secondary N) is 1. The minimum Gasteiger partial charge on any atom is -0.465 e. The van der Waals surface area contributed by atoms with E-state index in [-0.39, 0.29) is 16.8 Å². The molecule has 1 heterocycles. The van der Waals surface area contributed by atoms with Gasteiger partial charge in [0.1, 0.15) is 0 Å². The number of esters is 1. The number of fused-ring (bicyclic) bond motifs is 4. The lowest BCUT2D eigenvalue weighted by atomic mass is 9.71. The fourth-order valence-corrected chi connectivity index (χ4v) is 4.27. The van der Waals surface area contributed by atoms with Gasteiger partial charge >= 0.3 is 5.97 Å². The summed E-state index contributed by atoms with van der Waals surface area (Å²) in [5.41, 5.74) is 6.69. The average molecular weight is 373 g/mol. The summed E-state index contributed by atoms with van der Waals surface area (Å²) in [6.07, 6.45) is 0. The van der Waals surface area contributed by atoms with Gasteiger partial charge in [-0.05, 0) is 57.1 Å². The van der Waals surface area contributed by atoms with Crippen molar-refractivity contribution in [1.82, 2.24) is 0 Å². The van der Waals surface area contributed by atoms with Crippen molar-refractivity contribution in [1.29, 1.82) is 0 Å². The molecule has 0 unspecified atom stereocenters. The number of hydrogen-bond donors (Lipinski definition) is 1. The van der Waals surface area contributed by atoms with Gasteiger partial charge in [-0.1, -0.05) is 58.9 Å². The van der Waals surface area contributed by atoms with E-state index in [1.807, 2.05) is 18.2 Å². The molecule has 3 heteroatoms. The van der Waals surface area contributed by atoms with Crippen molar-refractivity contribution in [3.05, 3.63) is 70.8 Å². The molecule has 0 fully saturated rings. The summed E-state index contributed by atoms with van der Waals surface area (Å²) in [4.78, 5) is 11.9. The Morgan fingerprint density at radius 1 is 0.964 bits per heavy atom. The Morgan fingerprint density at radius 2 is 1.68 bits per heavy atom. The first kappa shape index (κ1) is 18.5. The molecule has 1 aliphatic heterocycles. The van der Waals surface area contributed by atoms with Gasteiger partial charge in [-0.3, -0.25) is 0 Å². The van der Waals surface area contributed by atoms with Crippen molar-refractivity contribution in [3.8, 4) is 0 Å². The fourth-order valence-electron chi connectivity index (χ4n) is 4.27. The van der Waals surface area contributed by atoms with Gasteiger partial charge in [0.25, 0.3) is 0 Å². The van der Waals surface area contributed by atoms with Crippen LogP contribution >= 0.6 is 0 Å². The van der Waals surface area contributed by atoms with Crippen LogP contribution in [-0.2, 0) is 15.6 Å². The zero-order valence-corrected chi connectivity index (χ0v) is 17.4. The molecule has 0 aliphatic carbocycles. The van der Waals surface area contributed by atoms with Crippen molar-refractivity contribution in [2.45, 2.75) is 45.4 Å². The highest BCUT2D eigenvalue weighted by atomic mass is 16.5. The zero-order valence-electron chi connectivity index (χ0n) is 17.4. The standard InChI is InChI=1S/C25H27NO2/c1-24(2,3)17-9-12-20-19(14-17)25(4,5)22-18-10-7-16(23(27)28-6)13-15(18)8-11-21(22)26-20/h7-14,26H,1-6H3. The first-order valence-electron chi connectivity index (χ1n) is 9.70. The number of benzene rings is 3. The van der Waals surface area contributed by atoms with E-state index in [1.54, 1.807) is 0 Å². The van der Waals surface area contributed by atoms with Gasteiger partial charge in [0.15, 0.2) is 0 Å². The Balaban J connectivity index is 1.93. The van der Waals surface area contributed by atoms with Crippen molar-refractivity contribution < 1.29 is 9.53 Å². The number of hydrogen-bond acceptors (Lipinski definition) is 3. The largest absolute Gasteiger partial charge is 0.465 e. The van der Waals surface area contributed by atoms with Gasteiger partial charge in [-0.25, -0.2) is 4.79 Å². The molecule has 0 spiro atoms. The predicted octanol–water partition coefficient (Wildman–Crippen LogP) is 6.31. The van der Waals surface area contributed by atoms with E-state index in [4.69, 9.17) is 4.74 Å².